The van der Waals surface area contributed by atoms with Crippen LogP contribution >= 0.6 is 0 Å². The van der Waals surface area contributed by atoms with Gasteiger partial charge < -0.3 is 10.1 Å². The molecule has 0 bridgehead atoms. The summed E-state index contributed by atoms with van der Waals surface area (Å²) >= 11 is 0. The van der Waals surface area contributed by atoms with Gasteiger partial charge in [-0.15, -0.1) is 0 Å². The first-order chi connectivity index (χ1) is 9.25. The highest BCUT2D eigenvalue weighted by atomic mass is 16.5. The fourth-order valence-corrected chi connectivity index (χ4v) is 2.30. The molecule has 0 aromatic heterocycles. The summed E-state index contributed by atoms with van der Waals surface area (Å²) in [6.45, 7) is 17.1. The Bertz CT molecular complexity index is 418. The lowest BCUT2D eigenvalue weighted by molar-refractivity contribution is 0.228. The van der Waals surface area contributed by atoms with E-state index in [2.05, 4.69) is 72.0 Å². The highest BCUT2D eigenvalue weighted by Crippen LogP contribution is 2.32. The molecular weight excluding hydrogens is 246 g/mol. The molecule has 0 fully saturated rings. The van der Waals surface area contributed by atoms with Gasteiger partial charge in [-0.3, -0.25) is 0 Å². The van der Waals surface area contributed by atoms with Gasteiger partial charge in [-0.2, -0.15) is 0 Å². The molecule has 0 aliphatic heterocycles. The second-order valence-electron chi connectivity index (χ2n) is 6.97. The van der Waals surface area contributed by atoms with Crippen LogP contribution in [0.4, 0.5) is 0 Å². The summed E-state index contributed by atoms with van der Waals surface area (Å²) in [5, 5.41) is 3.50. The van der Waals surface area contributed by atoms with Crippen molar-refractivity contribution < 1.29 is 4.74 Å². The van der Waals surface area contributed by atoms with E-state index >= 15 is 0 Å². The Balaban J connectivity index is 2.88. The summed E-state index contributed by atoms with van der Waals surface area (Å²) in [6, 6.07) is 6.91. The Hall–Kier alpha value is -1.02. The fraction of sp³-hybridized carbons (Fsp3) is 0.667. The maximum Gasteiger partial charge on any atom is 0.123 e. The van der Waals surface area contributed by atoms with Crippen LogP contribution in [0.15, 0.2) is 18.2 Å². The Labute approximate surface area is 124 Å². The molecule has 0 saturated heterocycles. The van der Waals surface area contributed by atoms with Crippen LogP contribution in [-0.2, 0) is 5.41 Å². The number of hydrogen-bond donors (Lipinski definition) is 1. The summed E-state index contributed by atoms with van der Waals surface area (Å²) in [5.74, 6) is 1.60. The normalized spacial score (nSPS) is 13.6. The summed E-state index contributed by atoms with van der Waals surface area (Å²) in [6.07, 6.45) is 0. The van der Waals surface area contributed by atoms with Gasteiger partial charge in [0.25, 0.3) is 0 Å². The summed E-state index contributed by atoms with van der Waals surface area (Å²) < 4.78 is 6.16. The third kappa shape index (κ3) is 4.82. The first-order valence-corrected chi connectivity index (χ1v) is 7.73. The van der Waals surface area contributed by atoms with E-state index in [1.165, 1.54) is 11.1 Å². The lowest BCUT2D eigenvalue weighted by atomic mass is 9.86. The van der Waals surface area contributed by atoms with Gasteiger partial charge in [0.15, 0.2) is 0 Å². The van der Waals surface area contributed by atoms with Crippen LogP contribution in [0.1, 0.15) is 52.7 Å². The van der Waals surface area contributed by atoms with Gasteiger partial charge in [0.05, 0.1) is 0 Å². The Morgan fingerprint density at radius 3 is 2.35 bits per heavy atom. The Kier molecular flexibility index (Phi) is 6.07. The van der Waals surface area contributed by atoms with E-state index < -0.39 is 0 Å². The number of benzene rings is 1. The van der Waals surface area contributed by atoms with Gasteiger partial charge in [-0.1, -0.05) is 53.7 Å². The molecule has 0 saturated carbocycles. The zero-order chi connectivity index (χ0) is 15.3. The van der Waals surface area contributed by atoms with E-state index in [1.807, 2.05) is 0 Å². The van der Waals surface area contributed by atoms with E-state index in [4.69, 9.17) is 4.74 Å². The molecule has 0 aliphatic carbocycles. The van der Waals surface area contributed by atoms with Crippen molar-refractivity contribution in [3.05, 3.63) is 29.3 Å². The van der Waals surface area contributed by atoms with E-state index in [0.717, 1.165) is 18.9 Å². The predicted molar refractivity (Wildman–Crippen MR) is 87.7 cm³/mol. The van der Waals surface area contributed by atoms with Crippen molar-refractivity contribution in [2.75, 3.05) is 13.2 Å². The number of aryl methyl sites for hydroxylation is 1. The minimum Gasteiger partial charge on any atom is -0.492 e. The number of nitrogens with one attached hydrogen (secondary N) is 1. The number of rotatable bonds is 6. The minimum atomic E-state index is 0.106. The average molecular weight is 277 g/mol. The maximum absolute atomic E-state index is 6.16. The second-order valence-corrected chi connectivity index (χ2v) is 6.97. The molecule has 0 amide bonds. The van der Waals surface area contributed by atoms with Gasteiger partial charge in [0.2, 0.25) is 0 Å². The van der Waals surface area contributed by atoms with Gasteiger partial charge in [-0.25, -0.2) is 0 Å². The molecule has 20 heavy (non-hydrogen) atoms. The topological polar surface area (TPSA) is 21.3 Å². The van der Waals surface area contributed by atoms with Crippen molar-refractivity contribution in [3.63, 3.8) is 0 Å². The van der Waals surface area contributed by atoms with Crippen LogP contribution < -0.4 is 10.1 Å². The van der Waals surface area contributed by atoms with Crippen molar-refractivity contribution in [2.45, 2.75) is 59.9 Å². The van der Waals surface area contributed by atoms with E-state index in [9.17, 15) is 0 Å². The summed E-state index contributed by atoms with van der Waals surface area (Å²) in [7, 11) is 0. The molecule has 0 spiro atoms. The SMILES string of the molecule is CCNC(COc1cc(C)ccc1C(C)(C)C)C(C)C. The van der Waals surface area contributed by atoms with Crippen LogP contribution in [0, 0.1) is 12.8 Å². The molecule has 2 heteroatoms. The van der Waals surface area contributed by atoms with Crippen molar-refractivity contribution >= 4 is 0 Å². The lowest BCUT2D eigenvalue weighted by Crippen LogP contribution is -2.39. The highest BCUT2D eigenvalue weighted by Gasteiger charge is 2.20. The third-order valence-electron chi connectivity index (χ3n) is 3.63. The smallest absolute Gasteiger partial charge is 0.123 e. The monoisotopic (exact) mass is 277 g/mol. The van der Waals surface area contributed by atoms with Crippen LogP contribution in [0.25, 0.3) is 0 Å². The van der Waals surface area contributed by atoms with Crippen LogP contribution in [0.2, 0.25) is 0 Å². The van der Waals surface area contributed by atoms with Gasteiger partial charge >= 0.3 is 0 Å². The Morgan fingerprint density at radius 1 is 1.20 bits per heavy atom. The summed E-state index contributed by atoms with van der Waals surface area (Å²) in [4.78, 5) is 0. The molecule has 0 heterocycles. The van der Waals surface area contributed by atoms with Crippen molar-refractivity contribution in [1.29, 1.82) is 0 Å². The molecule has 2 nitrogen and oxygen atoms in total. The number of ether oxygens (including phenoxy) is 1. The zero-order valence-electron chi connectivity index (χ0n) is 14.2. The van der Waals surface area contributed by atoms with Crippen molar-refractivity contribution in [3.8, 4) is 5.75 Å². The van der Waals surface area contributed by atoms with Crippen molar-refractivity contribution in [1.82, 2.24) is 5.32 Å². The molecule has 114 valence electrons. The maximum atomic E-state index is 6.16. The van der Waals surface area contributed by atoms with Crippen molar-refractivity contribution in [2.24, 2.45) is 5.92 Å². The Morgan fingerprint density at radius 2 is 1.85 bits per heavy atom. The second kappa shape index (κ2) is 7.12. The molecule has 1 aromatic carbocycles. The van der Waals surface area contributed by atoms with Crippen LogP contribution in [0.3, 0.4) is 0 Å². The van der Waals surface area contributed by atoms with Crippen LogP contribution in [0.5, 0.6) is 5.75 Å². The molecule has 1 N–H and O–H groups in total. The predicted octanol–water partition coefficient (Wildman–Crippen LogP) is 4.31. The number of likely N-dealkylation sites (N-methyl/N-ethyl adjacent to an activating group) is 1. The molecule has 0 radical (unpaired) electrons. The van der Waals surface area contributed by atoms with E-state index in [1.54, 1.807) is 0 Å². The highest BCUT2D eigenvalue weighted by molar-refractivity contribution is 5.41. The molecule has 1 unspecified atom stereocenters. The number of hydrogen-bond acceptors (Lipinski definition) is 2. The zero-order valence-corrected chi connectivity index (χ0v) is 14.2. The van der Waals surface area contributed by atoms with Gasteiger partial charge in [0.1, 0.15) is 12.4 Å². The third-order valence-corrected chi connectivity index (χ3v) is 3.63. The molecular formula is C18H31NO. The average Bonchev–Trinajstić information content (AvgIpc) is 2.32. The first-order valence-electron chi connectivity index (χ1n) is 7.73. The quantitative estimate of drug-likeness (QED) is 0.837. The van der Waals surface area contributed by atoms with Gasteiger partial charge in [0, 0.05) is 6.04 Å². The first kappa shape index (κ1) is 17.0. The lowest BCUT2D eigenvalue weighted by Gasteiger charge is -2.26. The molecule has 0 aliphatic rings. The van der Waals surface area contributed by atoms with Crippen LogP contribution in [-0.4, -0.2) is 19.2 Å². The fourth-order valence-electron chi connectivity index (χ4n) is 2.30. The standard InChI is InChI=1S/C18H31NO/c1-8-19-16(13(2)3)12-20-17-11-14(4)9-10-15(17)18(5,6)7/h9-11,13,16,19H,8,12H2,1-7H3. The molecule has 1 rings (SSSR count). The largest absolute Gasteiger partial charge is 0.492 e. The molecule has 1 aromatic rings. The van der Waals surface area contributed by atoms with E-state index in [0.29, 0.717) is 12.0 Å². The summed E-state index contributed by atoms with van der Waals surface area (Å²) in [5.41, 5.74) is 2.63. The van der Waals surface area contributed by atoms with Gasteiger partial charge in [-0.05, 0) is 42.0 Å². The molecule has 1 atom stereocenters. The minimum absolute atomic E-state index is 0.106. The van der Waals surface area contributed by atoms with E-state index in [-0.39, 0.29) is 5.41 Å².